The Bertz CT molecular complexity index is 1150. The minimum Gasteiger partial charge on any atom is -1.00 e. The zero-order valence-corrected chi connectivity index (χ0v) is 16.1. The van der Waals surface area contributed by atoms with Crippen molar-refractivity contribution in [3.63, 3.8) is 0 Å². The Balaban J connectivity index is 0.00000240. The number of carboxylic acid groups (broad SMARTS) is 1. The molecule has 6 heteroatoms. The van der Waals surface area contributed by atoms with E-state index >= 15 is 0 Å². The maximum atomic E-state index is 11.4. The molecular weight excluding hydrogens is 388 g/mol. The van der Waals surface area contributed by atoms with Gasteiger partial charge in [-0.25, -0.2) is 9.78 Å². The molecule has 0 aliphatic carbocycles. The minimum absolute atomic E-state index is 0. The molecule has 4 rings (SSSR count). The quantitative estimate of drug-likeness (QED) is 0.515. The Labute approximate surface area is 174 Å². The summed E-state index contributed by atoms with van der Waals surface area (Å²) in [5.74, 6) is -0.300. The van der Waals surface area contributed by atoms with Gasteiger partial charge < -0.3 is 27.6 Å². The molecule has 0 spiro atoms. The molecule has 0 atom stereocenters. The lowest BCUT2D eigenvalue weighted by Gasteiger charge is -2.11. The normalized spacial score (nSPS) is 10.2. The van der Waals surface area contributed by atoms with Crippen LogP contribution in [0.4, 0.5) is 11.4 Å². The molecule has 0 aliphatic rings. The number of benzene rings is 3. The van der Waals surface area contributed by atoms with Crippen LogP contribution in [-0.4, -0.2) is 16.1 Å². The van der Waals surface area contributed by atoms with E-state index in [-0.39, 0.29) is 18.0 Å². The lowest BCUT2D eigenvalue weighted by Crippen LogP contribution is -3.00. The number of carbonyl (C=O) groups is 1. The third-order valence-corrected chi connectivity index (χ3v) is 4.31. The average molecular weight is 406 g/mol. The number of ether oxygens (including phenoxy) is 1. The summed E-state index contributed by atoms with van der Waals surface area (Å²) in [7, 11) is 0. The first kappa shape index (κ1) is 20.2. The average Bonchev–Trinajstić information content (AvgIpc) is 2.73. The monoisotopic (exact) mass is 405 g/mol. The van der Waals surface area contributed by atoms with Crippen LogP contribution in [-0.2, 0) is 6.61 Å². The largest absolute Gasteiger partial charge is 1.00 e. The van der Waals surface area contributed by atoms with Crippen molar-refractivity contribution in [1.29, 1.82) is 0 Å². The Morgan fingerprint density at radius 1 is 0.931 bits per heavy atom. The molecule has 0 fully saturated rings. The van der Waals surface area contributed by atoms with E-state index in [1.165, 1.54) is 0 Å². The second kappa shape index (κ2) is 9.08. The molecular formula is C23H18ClN2O3-. The summed E-state index contributed by atoms with van der Waals surface area (Å²) in [6.45, 7) is 0.347. The Hall–Kier alpha value is -3.57. The molecule has 0 radical (unpaired) electrons. The summed E-state index contributed by atoms with van der Waals surface area (Å²) in [4.78, 5) is 16.0. The fourth-order valence-corrected chi connectivity index (χ4v) is 2.94. The second-order valence-electron chi connectivity index (χ2n) is 6.29. The van der Waals surface area contributed by atoms with E-state index in [1.807, 2.05) is 60.7 Å². The van der Waals surface area contributed by atoms with Crippen molar-refractivity contribution in [1.82, 2.24) is 4.98 Å². The molecule has 0 unspecified atom stereocenters. The minimum atomic E-state index is -0.974. The predicted octanol–water partition coefficient (Wildman–Crippen LogP) is 2.26. The number of hydrogen-bond acceptors (Lipinski definition) is 4. The van der Waals surface area contributed by atoms with Gasteiger partial charge in [0.1, 0.15) is 12.4 Å². The molecule has 2 N–H and O–H groups in total. The van der Waals surface area contributed by atoms with E-state index < -0.39 is 5.97 Å². The standard InChI is InChI=1S/C23H18N2O3.ClH/c26-23(27)20-9-2-4-11-22(20)24-17-7-5-8-19(14-17)28-15-18-13-12-16-6-1-3-10-21(16)25-18;/h1-14,24H,15H2,(H,26,27);1H/p-1. The Morgan fingerprint density at radius 2 is 1.72 bits per heavy atom. The van der Waals surface area contributed by atoms with Crippen molar-refractivity contribution < 1.29 is 27.0 Å². The third kappa shape index (κ3) is 4.83. The van der Waals surface area contributed by atoms with Gasteiger partial charge in [-0.2, -0.15) is 0 Å². The molecule has 146 valence electrons. The first-order valence-corrected chi connectivity index (χ1v) is 8.86. The molecule has 1 heterocycles. The van der Waals surface area contributed by atoms with Gasteiger partial charge in [0, 0.05) is 17.1 Å². The van der Waals surface area contributed by atoms with Gasteiger partial charge in [0.05, 0.1) is 22.5 Å². The van der Waals surface area contributed by atoms with Crippen molar-refractivity contribution in [3.8, 4) is 5.75 Å². The van der Waals surface area contributed by atoms with Crippen LogP contribution in [0.2, 0.25) is 0 Å². The Morgan fingerprint density at radius 3 is 2.59 bits per heavy atom. The van der Waals surface area contributed by atoms with Gasteiger partial charge in [-0.1, -0.05) is 42.5 Å². The molecule has 3 aromatic carbocycles. The van der Waals surface area contributed by atoms with Crippen LogP contribution < -0.4 is 22.5 Å². The highest BCUT2D eigenvalue weighted by Crippen LogP contribution is 2.24. The molecule has 4 aromatic rings. The number of anilines is 2. The van der Waals surface area contributed by atoms with Gasteiger partial charge in [0.2, 0.25) is 0 Å². The van der Waals surface area contributed by atoms with Crippen LogP contribution in [0.25, 0.3) is 10.9 Å². The second-order valence-corrected chi connectivity index (χ2v) is 6.29. The smallest absolute Gasteiger partial charge is 0.337 e. The van der Waals surface area contributed by atoms with Crippen LogP contribution in [0.3, 0.4) is 0 Å². The number of rotatable bonds is 6. The van der Waals surface area contributed by atoms with Crippen LogP contribution >= 0.6 is 0 Å². The summed E-state index contributed by atoms with van der Waals surface area (Å²) >= 11 is 0. The zero-order valence-electron chi connectivity index (χ0n) is 15.4. The molecule has 0 amide bonds. The predicted molar refractivity (Wildman–Crippen MR) is 109 cm³/mol. The lowest BCUT2D eigenvalue weighted by atomic mass is 10.1. The molecule has 5 nitrogen and oxygen atoms in total. The van der Waals surface area contributed by atoms with Gasteiger partial charge in [0.15, 0.2) is 0 Å². The first-order valence-electron chi connectivity index (χ1n) is 8.86. The number of fused-ring (bicyclic) bond motifs is 1. The number of hydrogen-bond donors (Lipinski definition) is 2. The van der Waals surface area contributed by atoms with Crippen LogP contribution in [0.5, 0.6) is 5.75 Å². The summed E-state index contributed by atoms with van der Waals surface area (Å²) in [5, 5.41) is 13.5. The topological polar surface area (TPSA) is 71.5 Å². The summed E-state index contributed by atoms with van der Waals surface area (Å²) in [6.07, 6.45) is 0. The fraction of sp³-hybridized carbons (Fsp3) is 0.0435. The number of pyridine rings is 1. The first-order chi connectivity index (χ1) is 13.7. The number of para-hydroxylation sites is 2. The number of halogens is 1. The number of nitrogens with zero attached hydrogens (tertiary/aromatic N) is 1. The molecule has 29 heavy (non-hydrogen) atoms. The van der Waals surface area contributed by atoms with Crippen molar-refractivity contribution in [2.45, 2.75) is 6.61 Å². The number of nitrogens with one attached hydrogen (secondary N) is 1. The molecule has 0 saturated carbocycles. The highest BCUT2D eigenvalue weighted by Gasteiger charge is 2.09. The van der Waals surface area contributed by atoms with Gasteiger partial charge in [-0.15, -0.1) is 0 Å². The maximum absolute atomic E-state index is 11.4. The van der Waals surface area contributed by atoms with E-state index in [0.717, 1.165) is 22.3 Å². The fourth-order valence-electron chi connectivity index (χ4n) is 2.94. The highest BCUT2D eigenvalue weighted by atomic mass is 35.5. The van der Waals surface area contributed by atoms with Crippen LogP contribution in [0.15, 0.2) is 84.9 Å². The highest BCUT2D eigenvalue weighted by molar-refractivity contribution is 5.95. The third-order valence-electron chi connectivity index (χ3n) is 4.31. The van der Waals surface area contributed by atoms with Crippen molar-refractivity contribution in [2.75, 3.05) is 5.32 Å². The van der Waals surface area contributed by atoms with E-state index in [9.17, 15) is 9.90 Å². The van der Waals surface area contributed by atoms with Crippen molar-refractivity contribution in [3.05, 3.63) is 96.2 Å². The Kier molecular flexibility index (Phi) is 6.32. The van der Waals surface area contributed by atoms with Crippen LogP contribution in [0.1, 0.15) is 16.1 Å². The van der Waals surface area contributed by atoms with Crippen LogP contribution in [0, 0.1) is 0 Å². The maximum Gasteiger partial charge on any atom is 0.337 e. The van der Waals surface area contributed by atoms with E-state index in [4.69, 9.17) is 4.74 Å². The molecule has 1 aromatic heterocycles. The SMILES string of the molecule is O=C(O)c1ccccc1Nc1cccc(OCc2ccc3ccccc3n2)c1.[Cl-]. The van der Waals surface area contributed by atoms with Gasteiger partial charge in [0.25, 0.3) is 0 Å². The van der Waals surface area contributed by atoms with E-state index in [0.29, 0.717) is 18.0 Å². The van der Waals surface area contributed by atoms with E-state index in [2.05, 4.69) is 10.3 Å². The van der Waals surface area contributed by atoms with Gasteiger partial charge in [-0.05, 0) is 36.4 Å². The zero-order chi connectivity index (χ0) is 19.3. The summed E-state index contributed by atoms with van der Waals surface area (Å²) < 4.78 is 5.88. The number of carboxylic acids is 1. The molecule has 0 bridgehead atoms. The number of aromatic carboxylic acids is 1. The lowest BCUT2D eigenvalue weighted by molar-refractivity contribution is -0.0000215. The van der Waals surface area contributed by atoms with Crippen molar-refractivity contribution in [2.24, 2.45) is 0 Å². The van der Waals surface area contributed by atoms with Gasteiger partial charge in [-0.3, -0.25) is 0 Å². The van der Waals surface area contributed by atoms with E-state index in [1.54, 1.807) is 24.3 Å². The molecule has 0 saturated heterocycles. The van der Waals surface area contributed by atoms with Gasteiger partial charge >= 0.3 is 5.97 Å². The van der Waals surface area contributed by atoms with Crippen molar-refractivity contribution >= 4 is 28.2 Å². The summed E-state index contributed by atoms with van der Waals surface area (Å²) in [5.41, 5.74) is 3.27. The molecule has 0 aliphatic heterocycles. The number of aromatic nitrogens is 1. The summed E-state index contributed by atoms with van der Waals surface area (Å²) in [6, 6.07) is 26.1.